The van der Waals surface area contributed by atoms with E-state index in [1.165, 1.54) is 0 Å². The van der Waals surface area contributed by atoms with Crippen LogP contribution in [0.15, 0.2) is 24.3 Å². The van der Waals surface area contributed by atoms with Crippen LogP contribution in [0.4, 0.5) is 0 Å². The number of rotatable bonds is 7. The monoisotopic (exact) mass is 336 g/mol. The molecule has 6 nitrogen and oxygen atoms in total. The molecule has 0 aliphatic carbocycles. The zero-order valence-corrected chi connectivity index (χ0v) is 14.0. The highest BCUT2D eigenvalue weighted by atomic mass is 35.5. The van der Waals surface area contributed by atoms with Crippen molar-refractivity contribution in [2.75, 3.05) is 6.54 Å². The molecule has 2 aromatic rings. The maximum absolute atomic E-state index is 12.1. The lowest BCUT2D eigenvalue weighted by Crippen LogP contribution is -2.28. The highest BCUT2D eigenvalue weighted by molar-refractivity contribution is 6.32. The fourth-order valence-electron chi connectivity index (χ4n) is 2.12. The van der Waals surface area contributed by atoms with Gasteiger partial charge in [-0.3, -0.25) is 4.79 Å². The molecule has 124 valence electrons. The summed E-state index contributed by atoms with van der Waals surface area (Å²) in [4.78, 5) is 16.4. The van der Waals surface area contributed by atoms with E-state index >= 15 is 0 Å². The van der Waals surface area contributed by atoms with E-state index in [-0.39, 0.29) is 11.7 Å². The molecule has 0 bridgehead atoms. The number of benzene rings is 1. The van der Waals surface area contributed by atoms with Crippen LogP contribution in [0.3, 0.4) is 0 Å². The Balaban J connectivity index is 2.16. The normalized spacial score (nSPS) is 12.2. The Morgan fingerprint density at radius 1 is 1.39 bits per heavy atom. The summed E-state index contributed by atoms with van der Waals surface area (Å²) in [5, 5.41) is 17.1. The van der Waals surface area contributed by atoms with Crippen molar-refractivity contribution in [2.45, 2.75) is 39.2 Å². The number of amides is 1. The van der Waals surface area contributed by atoms with Gasteiger partial charge < -0.3 is 10.4 Å². The van der Waals surface area contributed by atoms with Crippen LogP contribution in [0, 0.1) is 0 Å². The molecule has 2 rings (SSSR count). The predicted octanol–water partition coefficient (Wildman–Crippen LogP) is 2.37. The van der Waals surface area contributed by atoms with Gasteiger partial charge in [0, 0.05) is 13.0 Å². The van der Waals surface area contributed by atoms with Crippen LogP contribution in [0.5, 0.6) is 0 Å². The summed E-state index contributed by atoms with van der Waals surface area (Å²) < 4.78 is 1.60. The van der Waals surface area contributed by atoms with Crippen LogP contribution < -0.4 is 5.32 Å². The molecule has 1 aromatic heterocycles. The SMILES string of the molecule is CCc1nc(C(=O)NCCC(O)CC)nn1-c1ccccc1Cl. The summed E-state index contributed by atoms with van der Waals surface area (Å²) in [6.07, 6.45) is 1.39. The Kier molecular flexibility index (Phi) is 6.12. The van der Waals surface area contributed by atoms with Crippen molar-refractivity contribution < 1.29 is 9.90 Å². The van der Waals surface area contributed by atoms with Crippen LogP contribution in [0.25, 0.3) is 5.69 Å². The first kappa shape index (κ1) is 17.4. The van der Waals surface area contributed by atoms with Gasteiger partial charge in [-0.1, -0.05) is 37.6 Å². The van der Waals surface area contributed by atoms with Crippen LogP contribution in [-0.2, 0) is 6.42 Å². The van der Waals surface area contributed by atoms with Crippen LogP contribution in [-0.4, -0.2) is 38.4 Å². The van der Waals surface area contributed by atoms with Crippen molar-refractivity contribution in [3.63, 3.8) is 0 Å². The van der Waals surface area contributed by atoms with Gasteiger partial charge in [-0.15, -0.1) is 5.10 Å². The van der Waals surface area contributed by atoms with E-state index < -0.39 is 6.10 Å². The minimum atomic E-state index is -0.407. The molecule has 1 heterocycles. The van der Waals surface area contributed by atoms with Gasteiger partial charge in [-0.2, -0.15) is 0 Å². The predicted molar refractivity (Wildman–Crippen MR) is 89.0 cm³/mol. The Morgan fingerprint density at radius 3 is 2.78 bits per heavy atom. The number of halogens is 1. The number of carbonyl (C=O) groups excluding carboxylic acids is 1. The lowest BCUT2D eigenvalue weighted by atomic mass is 10.2. The molecule has 0 aliphatic heterocycles. The standard InChI is InChI=1S/C16H21ClN4O2/c1-3-11(22)9-10-18-16(23)15-19-14(4-2)21(20-15)13-8-6-5-7-12(13)17/h5-8,11,22H,3-4,9-10H2,1-2H3,(H,18,23). The van der Waals surface area contributed by atoms with Crippen molar-refractivity contribution in [1.29, 1.82) is 0 Å². The Hall–Kier alpha value is -1.92. The lowest BCUT2D eigenvalue weighted by molar-refractivity contribution is 0.0931. The molecule has 0 radical (unpaired) electrons. The molecule has 0 fully saturated rings. The molecular formula is C16H21ClN4O2. The Bertz CT molecular complexity index is 672. The molecule has 7 heteroatoms. The van der Waals surface area contributed by atoms with E-state index in [0.29, 0.717) is 42.3 Å². The third-order valence-electron chi connectivity index (χ3n) is 3.51. The van der Waals surface area contributed by atoms with Crippen molar-refractivity contribution in [2.24, 2.45) is 0 Å². The molecule has 1 atom stereocenters. The number of nitrogens with one attached hydrogen (secondary N) is 1. The van der Waals surface area contributed by atoms with E-state index in [4.69, 9.17) is 11.6 Å². The molecule has 0 aliphatic rings. The largest absolute Gasteiger partial charge is 0.393 e. The second-order valence-electron chi connectivity index (χ2n) is 5.18. The van der Waals surface area contributed by atoms with Crippen LogP contribution in [0.1, 0.15) is 43.1 Å². The molecule has 1 amide bonds. The molecule has 1 aromatic carbocycles. The number of para-hydroxylation sites is 1. The van der Waals surface area contributed by atoms with Gasteiger partial charge in [0.1, 0.15) is 5.82 Å². The van der Waals surface area contributed by atoms with E-state index in [9.17, 15) is 9.90 Å². The van der Waals surface area contributed by atoms with Crippen LogP contribution >= 0.6 is 11.6 Å². The fourth-order valence-corrected chi connectivity index (χ4v) is 2.34. The van der Waals surface area contributed by atoms with E-state index in [2.05, 4.69) is 15.4 Å². The third-order valence-corrected chi connectivity index (χ3v) is 3.83. The molecule has 0 saturated heterocycles. The second-order valence-corrected chi connectivity index (χ2v) is 5.58. The minimum Gasteiger partial charge on any atom is -0.393 e. The average Bonchev–Trinajstić information content (AvgIpc) is 2.99. The molecule has 0 spiro atoms. The summed E-state index contributed by atoms with van der Waals surface area (Å²) in [7, 11) is 0. The smallest absolute Gasteiger partial charge is 0.290 e. The summed E-state index contributed by atoms with van der Waals surface area (Å²) in [6.45, 7) is 4.22. The van der Waals surface area contributed by atoms with Crippen LogP contribution in [0.2, 0.25) is 5.02 Å². The first-order chi connectivity index (χ1) is 11.1. The van der Waals surface area contributed by atoms with E-state index in [1.54, 1.807) is 10.7 Å². The Labute approximate surface area is 140 Å². The number of hydrogen-bond acceptors (Lipinski definition) is 4. The number of hydrogen-bond donors (Lipinski definition) is 2. The quantitative estimate of drug-likeness (QED) is 0.813. The first-order valence-corrected chi connectivity index (χ1v) is 8.11. The molecule has 1 unspecified atom stereocenters. The van der Waals surface area contributed by atoms with Gasteiger partial charge in [0.2, 0.25) is 5.82 Å². The molecule has 0 saturated carbocycles. The highest BCUT2D eigenvalue weighted by Crippen LogP contribution is 2.20. The number of aliphatic hydroxyl groups excluding tert-OH is 1. The maximum Gasteiger partial charge on any atom is 0.290 e. The second kappa shape index (κ2) is 8.08. The first-order valence-electron chi connectivity index (χ1n) is 7.73. The van der Waals surface area contributed by atoms with Crippen molar-refractivity contribution in [1.82, 2.24) is 20.1 Å². The fraction of sp³-hybridized carbons (Fsp3) is 0.438. The number of aliphatic hydroxyl groups is 1. The summed E-state index contributed by atoms with van der Waals surface area (Å²) in [6, 6.07) is 7.29. The van der Waals surface area contributed by atoms with Gasteiger partial charge in [0.25, 0.3) is 5.91 Å². The molecule has 2 N–H and O–H groups in total. The number of aryl methyl sites for hydroxylation is 1. The van der Waals surface area contributed by atoms with Crippen molar-refractivity contribution in [3.05, 3.63) is 40.9 Å². The maximum atomic E-state index is 12.1. The van der Waals surface area contributed by atoms with Gasteiger partial charge >= 0.3 is 0 Å². The zero-order chi connectivity index (χ0) is 16.8. The summed E-state index contributed by atoms with van der Waals surface area (Å²) in [5.41, 5.74) is 0.693. The molecule has 23 heavy (non-hydrogen) atoms. The average molecular weight is 337 g/mol. The molecular weight excluding hydrogens is 316 g/mol. The van der Waals surface area contributed by atoms with E-state index in [0.717, 1.165) is 0 Å². The number of aromatic nitrogens is 3. The topological polar surface area (TPSA) is 80.0 Å². The number of nitrogens with zero attached hydrogens (tertiary/aromatic N) is 3. The summed E-state index contributed by atoms with van der Waals surface area (Å²) >= 11 is 6.19. The van der Waals surface area contributed by atoms with Crippen molar-refractivity contribution in [3.8, 4) is 5.69 Å². The Morgan fingerprint density at radius 2 is 2.13 bits per heavy atom. The number of carbonyl (C=O) groups is 1. The van der Waals surface area contributed by atoms with Gasteiger partial charge in [0.15, 0.2) is 0 Å². The van der Waals surface area contributed by atoms with Crippen molar-refractivity contribution >= 4 is 17.5 Å². The van der Waals surface area contributed by atoms with Gasteiger partial charge in [0.05, 0.1) is 16.8 Å². The summed E-state index contributed by atoms with van der Waals surface area (Å²) in [5.74, 6) is 0.415. The minimum absolute atomic E-state index is 0.104. The van der Waals surface area contributed by atoms with Gasteiger partial charge in [-0.25, -0.2) is 9.67 Å². The zero-order valence-electron chi connectivity index (χ0n) is 13.3. The van der Waals surface area contributed by atoms with E-state index in [1.807, 2.05) is 32.0 Å². The van der Waals surface area contributed by atoms with Gasteiger partial charge in [-0.05, 0) is 25.0 Å². The third kappa shape index (κ3) is 4.30. The lowest BCUT2D eigenvalue weighted by Gasteiger charge is -2.07. The highest BCUT2D eigenvalue weighted by Gasteiger charge is 2.17.